The van der Waals surface area contributed by atoms with Gasteiger partial charge in [0.05, 0.1) is 6.42 Å². The highest BCUT2D eigenvalue weighted by Crippen LogP contribution is 2.11. The van der Waals surface area contributed by atoms with Gasteiger partial charge >= 0.3 is 0 Å². The summed E-state index contributed by atoms with van der Waals surface area (Å²) in [5.74, 6) is -1.18. The molecule has 0 aromatic heterocycles. The summed E-state index contributed by atoms with van der Waals surface area (Å²) in [5.41, 5.74) is 5.55. The third kappa shape index (κ3) is 4.07. The normalized spacial score (nSPS) is 12.3. The molecule has 0 radical (unpaired) electrons. The summed E-state index contributed by atoms with van der Waals surface area (Å²) in [6.07, 6.45) is -0.141. The molecule has 0 aliphatic carbocycles. The highest BCUT2D eigenvalue weighted by Gasteiger charge is 2.14. The van der Waals surface area contributed by atoms with E-state index >= 15 is 0 Å². The Balaban J connectivity index is 2.66. The second kappa shape index (κ2) is 6.44. The highest BCUT2D eigenvalue weighted by molar-refractivity contribution is 5.78. The molecule has 3 nitrogen and oxygen atoms in total. The van der Waals surface area contributed by atoms with Crippen LogP contribution in [-0.4, -0.2) is 30.9 Å². The fourth-order valence-electron chi connectivity index (χ4n) is 1.62. The number of hydrogen-bond donors (Lipinski definition) is 1. The number of rotatable bonds is 5. The van der Waals surface area contributed by atoms with E-state index in [0.29, 0.717) is 13.1 Å². The van der Waals surface area contributed by atoms with E-state index in [-0.39, 0.29) is 23.8 Å². The van der Waals surface area contributed by atoms with Gasteiger partial charge in [0.2, 0.25) is 5.91 Å². The molecule has 0 aliphatic rings. The van der Waals surface area contributed by atoms with Gasteiger partial charge in [-0.1, -0.05) is 6.92 Å². The number of hydrogen-bond acceptors (Lipinski definition) is 2. The topological polar surface area (TPSA) is 46.3 Å². The maximum atomic E-state index is 13.4. The Morgan fingerprint density at radius 1 is 1.44 bits per heavy atom. The SMILES string of the molecule is CC(CN)CN(C)C(=O)Cc1cc(F)ccc1F. The molecule has 0 spiro atoms. The van der Waals surface area contributed by atoms with E-state index in [1.54, 1.807) is 7.05 Å². The molecule has 1 aromatic rings. The molecule has 2 N–H and O–H groups in total. The number of nitrogens with zero attached hydrogens (tertiary/aromatic N) is 1. The number of carbonyl (C=O) groups excluding carboxylic acids is 1. The first-order valence-electron chi connectivity index (χ1n) is 5.82. The van der Waals surface area contributed by atoms with Crippen LogP contribution >= 0.6 is 0 Å². The van der Waals surface area contributed by atoms with Crippen molar-refractivity contribution < 1.29 is 13.6 Å². The van der Waals surface area contributed by atoms with Gasteiger partial charge in [-0.05, 0) is 30.7 Å². The number of halogens is 2. The Morgan fingerprint density at radius 3 is 2.72 bits per heavy atom. The summed E-state index contributed by atoms with van der Waals surface area (Å²) in [6.45, 7) is 2.91. The van der Waals surface area contributed by atoms with Gasteiger partial charge in [-0.2, -0.15) is 0 Å². The van der Waals surface area contributed by atoms with Crippen molar-refractivity contribution in [3.05, 3.63) is 35.4 Å². The second-order valence-corrected chi connectivity index (χ2v) is 4.53. The van der Waals surface area contributed by atoms with Crippen molar-refractivity contribution in [2.45, 2.75) is 13.3 Å². The summed E-state index contributed by atoms with van der Waals surface area (Å²) in [5, 5.41) is 0. The van der Waals surface area contributed by atoms with Gasteiger partial charge in [0, 0.05) is 19.2 Å². The van der Waals surface area contributed by atoms with Crippen molar-refractivity contribution in [1.82, 2.24) is 4.90 Å². The minimum Gasteiger partial charge on any atom is -0.345 e. The Kier molecular flexibility index (Phi) is 5.22. The highest BCUT2D eigenvalue weighted by atomic mass is 19.1. The Labute approximate surface area is 106 Å². The maximum Gasteiger partial charge on any atom is 0.226 e. The Morgan fingerprint density at radius 2 is 2.11 bits per heavy atom. The van der Waals surface area contributed by atoms with Gasteiger partial charge in [0.1, 0.15) is 11.6 Å². The lowest BCUT2D eigenvalue weighted by Crippen LogP contribution is -2.34. The van der Waals surface area contributed by atoms with Gasteiger partial charge in [0.25, 0.3) is 0 Å². The molecule has 0 bridgehead atoms. The zero-order valence-electron chi connectivity index (χ0n) is 10.6. The van der Waals surface area contributed by atoms with E-state index in [9.17, 15) is 13.6 Å². The minimum atomic E-state index is -0.565. The van der Waals surface area contributed by atoms with Crippen LogP contribution in [0.25, 0.3) is 0 Å². The summed E-state index contributed by atoms with van der Waals surface area (Å²) in [7, 11) is 1.63. The first-order valence-corrected chi connectivity index (χ1v) is 5.82. The van der Waals surface area contributed by atoms with Crippen LogP contribution in [0.15, 0.2) is 18.2 Å². The summed E-state index contributed by atoms with van der Waals surface area (Å²) >= 11 is 0. The molecule has 1 unspecified atom stereocenters. The van der Waals surface area contributed by atoms with Crippen LogP contribution in [0.1, 0.15) is 12.5 Å². The van der Waals surface area contributed by atoms with Crippen molar-refractivity contribution in [3.8, 4) is 0 Å². The lowest BCUT2D eigenvalue weighted by atomic mass is 10.1. The Bertz CT molecular complexity index is 423. The molecule has 1 aromatic carbocycles. The van der Waals surface area contributed by atoms with Crippen LogP contribution in [-0.2, 0) is 11.2 Å². The van der Waals surface area contributed by atoms with Gasteiger partial charge in [-0.3, -0.25) is 4.79 Å². The number of amides is 1. The molecule has 5 heteroatoms. The molecule has 100 valence electrons. The van der Waals surface area contributed by atoms with Crippen LogP contribution < -0.4 is 5.73 Å². The molecule has 0 aliphatic heterocycles. The third-order valence-corrected chi connectivity index (χ3v) is 2.76. The number of nitrogens with two attached hydrogens (primary N) is 1. The molecule has 0 saturated carbocycles. The van der Waals surface area contributed by atoms with E-state index in [1.165, 1.54) is 4.90 Å². The smallest absolute Gasteiger partial charge is 0.226 e. The number of likely N-dealkylation sites (N-methyl/N-ethyl adjacent to an activating group) is 1. The quantitative estimate of drug-likeness (QED) is 0.869. The number of carbonyl (C=O) groups is 1. The fraction of sp³-hybridized carbons (Fsp3) is 0.462. The molecule has 1 rings (SSSR count). The van der Waals surface area contributed by atoms with E-state index in [4.69, 9.17) is 5.73 Å². The lowest BCUT2D eigenvalue weighted by Gasteiger charge is -2.20. The molecular weight excluding hydrogens is 238 g/mol. The van der Waals surface area contributed by atoms with Crippen LogP contribution in [0.5, 0.6) is 0 Å². The zero-order valence-corrected chi connectivity index (χ0v) is 10.6. The van der Waals surface area contributed by atoms with Gasteiger partial charge in [-0.25, -0.2) is 8.78 Å². The molecule has 18 heavy (non-hydrogen) atoms. The summed E-state index contributed by atoms with van der Waals surface area (Å²) in [6, 6.07) is 3.11. The van der Waals surface area contributed by atoms with Gasteiger partial charge in [-0.15, -0.1) is 0 Å². The van der Waals surface area contributed by atoms with Gasteiger partial charge < -0.3 is 10.6 Å². The van der Waals surface area contributed by atoms with Crippen molar-refractivity contribution >= 4 is 5.91 Å². The average molecular weight is 256 g/mol. The summed E-state index contributed by atoms with van der Waals surface area (Å²) < 4.78 is 26.3. The zero-order chi connectivity index (χ0) is 13.7. The van der Waals surface area contributed by atoms with Crippen molar-refractivity contribution in [2.24, 2.45) is 11.7 Å². The number of benzene rings is 1. The van der Waals surface area contributed by atoms with E-state index in [2.05, 4.69) is 0 Å². The second-order valence-electron chi connectivity index (χ2n) is 4.53. The average Bonchev–Trinajstić information content (AvgIpc) is 2.33. The predicted octanol–water partition coefficient (Wildman–Crippen LogP) is 1.56. The van der Waals surface area contributed by atoms with Crippen molar-refractivity contribution in [3.63, 3.8) is 0 Å². The Hall–Kier alpha value is -1.49. The standard InChI is InChI=1S/C13H18F2N2O/c1-9(7-16)8-17(2)13(18)6-10-5-11(14)3-4-12(10)15/h3-5,9H,6-8,16H2,1-2H3. The van der Waals surface area contributed by atoms with E-state index < -0.39 is 11.6 Å². The molecule has 0 heterocycles. The van der Waals surface area contributed by atoms with Crippen LogP contribution in [0.2, 0.25) is 0 Å². The van der Waals surface area contributed by atoms with Crippen molar-refractivity contribution in [2.75, 3.05) is 20.1 Å². The first-order chi connectivity index (χ1) is 8.43. The van der Waals surface area contributed by atoms with Crippen LogP contribution in [0, 0.1) is 17.6 Å². The fourth-order valence-corrected chi connectivity index (χ4v) is 1.62. The lowest BCUT2D eigenvalue weighted by molar-refractivity contribution is -0.129. The van der Waals surface area contributed by atoms with Crippen LogP contribution in [0.3, 0.4) is 0 Å². The first kappa shape index (κ1) is 14.6. The molecule has 1 atom stereocenters. The van der Waals surface area contributed by atoms with Gasteiger partial charge in [0.15, 0.2) is 0 Å². The van der Waals surface area contributed by atoms with Crippen LogP contribution in [0.4, 0.5) is 8.78 Å². The minimum absolute atomic E-state index is 0.0762. The van der Waals surface area contributed by atoms with E-state index in [0.717, 1.165) is 18.2 Å². The van der Waals surface area contributed by atoms with E-state index in [1.807, 2.05) is 6.92 Å². The molecule has 0 saturated heterocycles. The molecule has 0 fully saturated rings. The largest absolute Gasteiger partial charge is 0.345 e. The maximum absolute atomic E-state index is 13.4. The third-order valence-electron chi connectivity index (χ3n) is 2.76. The van der Waals surface area contributed by atoms with Crippen molar-refractivity contribution in [1.29, 1.82) is 0 Å². The predicted molar refractivity (Wildman–Crippen MR) is 65.9 cm³/mol. The molecule has 1 amide bonds. The molecular formula is C13H18F2N2O. The summed E-state index contributed by atoms with van der Waals surface area (Å²) in [4.78, 5) is 13.3. The monoisotopic (exact) mass is 256 g/mol.